The fourth-order valence-corrected chi connectivity index (χ4v) is 3.87. The number of nitrogens with two attached hydrogens (primary N) is 1. The second-order valence-corrected chi connectivity index (χ2v) is 11.1. The average molecular weight is 536 g/mol. The lowest BCUT2D eigenvalue weighted by atomic mass is 9.86. The zero-order valence-corrected chi connectivity index (χ0v) is 24.0. The summed E-state index contributed by atoms with van der Waals surface area (Å²) in [4.78, 5) is 49.6. The van der Waals surface area contributed by atoms with Gasteiger partial charge in [-0.25, -0.2) is 0 Å². The Morgan fingerprint density at radius 3 is 1.84 bits per heavy atom. The molecule has 4 unspecified atom stereocenters. The summed E-state index contributed by atoms with van der Waals surface area (Å²) in [5.74, 6) is -4.06. The molecular weight excluding hydrogens is 490 g/mol. The van der Waals surface area contributed by atoms with E-state index in [0.717, 1.165) is 12.8 Å². The molecule has 0 spiro atoms. The zero-order valence-electron chi connectivity index (χ0n) is 24.0. The number of carboxylic acids is 1. The number of rotatable bonds is 14. The SMILES string of the molecule is CCCC(C)C(=O)Oc1ccc(C(CC(C)OC(=O)C(C)(C)C)[C@H](N)C(=O)O)cc1OC(=O)C(C)CCC. The fourth-order valence-electron chi connectivity index (χ4n) is 3.87. The predicted molar refractivity (Wildman–Crippen MR) is 144 cm³/mol. The van der Waals surface area contributed by atoms with Crippen LogP contribution in [0.4, 0.5) is 0 Å². The van der Waals surface area contributed by atoms with Gasteiger partial charge in [0.15, 0.2) is 11.5 Å². The summed E-state index contributed by atoms with van der Waals surface area (Å²) in [6.07, 6.45) is 2.32. The normalized spacial score (nSPS) is 15.5. The van der Waals surface area contributed by atoms with E-state index < -0.39 is 47.4 Å². The monoisotopic (exact) mass is 535 g/mol. The molecule has 0 aliphatic heterocycles. The van der Waals surface area contributed by atoms with Crippen molar-refractivity contribution in [1.82, 2.24) is 0 Å². The Morgan fingerprint density at radius 1 is 0.895 bits per heavy atom. The minimum absolute atomic E-state index is 0.00873. The second-order valence-electron chi connectivity index (χ2n) is 11.1. The molecule has 0 radical (unpaired) electrons. The lowest BCUT2D eigenvalue weighted by molar-refractivity contribution is -0.158. The van der Waals surface area contributed by atoms with Crippen molar-refractivity contribution in [2.45, 2.75) is 106 Å². The summed E-state index contributed by atoms with van der Waals surface area (Å²) in [6.45, 7) is 14.3. The van der Waals surface area contributed by atoms with Gasteiger partial charge >= 0.3 is 23.9 Å². The van der Waals surface area contributed by atoms with Gasteiger partial charge in [-0.05, 0) is 64.7 Å². The third kappa shape index (κ3) is 10.1. The van der Waals surface area contributed by atoms with E-state index in [-0.39, 0.29) is 29.8 Å². The van der Waals surface area contributed by atoms with Crippen LogP contribution in [0.1, 0.15) is 99.0 Å². The highest BCUT2D eigenvalue weighted by molar-refractivity contribution is 5.79. The molecule has 0 saturated heterocycles. The van der Waals surface area contributed by atoms with Crippen molar-refractivity contribution in [3.63, 3.8) is 0 Å². The Hall–Kier alpha value is -2.94. The van der Waals surface area contributed by atoms with E-state index in [1.165, 1.54) is 12.1 Å². The number of benzene rings is 1. The summed E-state index contributed by atoms with van der Waals surface area (Å²) in [5.41, 5.74) is 5.78. The van der Waals surface area contributed by atoms with Crippen molar-refractivity contribution < 1.29 is 38.5 Å². The molecule has 0 fully saturated rings. The number of aliphatic carboxylic acids is 1. The first-order chi connectivity index (χ1) is 17.6. The Bertz CT molecular complexity index is 968. The third-order valence-electron chi connectivity index (χ3n) is 6.29. The van der Waals surface area contributed by atoms with E-state index in [1.54, 1.807) is 47.6 Å². The van der Waals surface area contributed by atoms with Gasteiger partial charge in [0.2, 0.25) is 0 Å². The molecule has 38 heavy (non-hydrogen) atoms. The molecule has 214 valence electrons. The first-order valence-electron chi connectivity index (χ1n) is 13.4. The Morgan fingerprint density at radius 2 is 1.39 bits per heavy atom. The lowest BCUT2D eigenvalue weighted by Crippen LogP contribution is -2.39. The van der Waals surface area contributed by atoms with Crippen LogP contribution >= 0.6 is 0 Å². The molecule has 0 aromatic heterocycles. The van der Waals surface area contributed by atoms with Crippen molar-refractivity contribution in [3.8, 4) is 11.5 Å². The van der Waals surface area contributed by atoms with Crippen LogP contribution in [0.2, 0.25) is 0 Å². The fraction of sp³-hybridized carbons (Fsp3) is 0.655. The number of esters is 3. The molecule has 0 aliphatic rings. The van der Waals surface area contributed by atoms with Crippen molar-refractivity contribution >= 4 is 23.9 Å². The van der Waals surface area contributed by atoms with Gasteiger partial charge in [0.1, 0.15) is 6.04 Å². The first kappa shape index (κ1) is 33.1. The second kappa shape index (κ2) is 14.9. The Balaban J connectivity index is 3.43. The summed E-state index contributed by atoms with van der Waals surface area (Å²) < 4.78 is 16.8. The molecule has 1 rings (SSSR count). The van der Waals surface area contributed by atoms with Gasteiger partial charge < -0.3 is 25.1 Å². The van der Waals surface area contributed by atoms with E-state index in [4.69, 9.17) is 19.9 Å². The molecule has 1 aromatic carbocycles. The topological polar surface area (TPSA) is 142 Å². The molecule has 5 atom stereocenters. The summed E-state index contributed by atoms with van der Waals surface area (Å²) in [6, 6.07) is 3.22. The maximum Gasteiger partial charge on any atom is 0.321 e. The molecule has 0 aliphatic carbocycles. The quantitative estimate of drug-likeness (QED) is 0.242. The van der Waals surface area contributed by atoms with Crippen molar-refractivity contribution in [2.75, 3.05) is 0 Å². The molecule has 1 aromatic rings. The van der Waals surface area contributed by atoms with Gasteiger partial charge in [-0.3, -0.25) is 19.2 Å². The molecule has 9 nitrogen and oxygen atoms in total. The highest BCUT2D eigenvalue weighted by atomic mass is 16.6. The lowest BCUT2D eigenvalue weighted by Gasteiger charge is -2.27. The standard InChI is InChI=1S/C29H45NO8/c1-9-11-17(3)26(33)37-22-14-13-20(16-23(22)38-27(34)18(4)12-10-2)21(24(30)25(31)32)15-19(5)36-28(35)29(6,7)8/h13-14,16-19,21,24H,9-12,15,30H2,1-8H3,(H,31,32)/t17?,18?,19?,21?,24-/m0/s1. The van der Waals surface area contributed by atoms with E-state index in [2.05, 4.69) is 0 Å². The van der Waals surface area contributed by atoms with E-state index in [0.29, 0.717) is 18.4 Å². The molecule has 0 saturated carbocycles. The molecule has 0 amide bonds. The molecule has 0 bridgehead atoms. The van der Waals surface area contributed by atoms with Gasteiger partial charge in [-0.2, -0.15) is 0 Å². The van der Waals surface area contributed by atoms with Crippen LogP contribution in [0.3, 0.4) is 0 Å². The highest BCUT2D eigenvalue weighted by Crippen LogP contribution is 2.36. The number of hydrogen-bond acceptors (Lipinski definition) is 8. The maximum absolute atomic E-state index is 12.8. The van der Waals surface area contributed by atoms with Crippen LogP contribution in [0.5, 0.6) is 11.5 Å². The van der Waals surface area contributed by atoms with Gasteiger partial charge in [-0.15, -0.1) is 0 Å². The third-order valence-corrected chi connectivity index (χ3v) is 6.29. The predicted octanol–water partition coefficient (Wildman–Crippen LogP) is 5.23. The van der Waals surface area contributed by atoms with Crippen molar-refractivity contribution in [3.05, 3.63) is 23.8 Å². The van der Waals surface area contributed by atoms with Crippen LogP contribution < -0.4 is 15.2 Å². The van der Waals surface area contributed by atoms with Gasteiger partial charge in [0.25, 0.3) is 0 Å². The van der Waals surface area contributed by atoms with Crippen LogP contribution in [-0.4, -0.2) is 41.1 Å². The average Bonchev–Trinajstić information content (AvgIpc) is 2.82. The number of carbonyl (C=O) groups excluding carboxylic acids is 3. The summed E-state index contributed by atoms with van der Waals surface area (Å²) in [7, 11) is 0. The van der Waals surface area contributed by atoms with Crippen LogP contribution in [-0.2, 0) is 23.9 Å². The minimum Gasteiger partial charge on any atom is -0.480 e. The zero-order chi connectivity index (χ0) is 29.2. The molecule has 0 heterocycles. The number of carbonyl (C=O) groups is 4. The van der Waals surface area contributed by atoms with Gasteiger partial charge in [0, 0.05) is 5.92 Å². The summed E-state index contributed by atoms with van der Waals surface area (Å²) in [5, 5.41) is 9.68. The highest BCUT2D eigenvalue weighted by Gasteiger charge is 2.32. The van der Waals surface area contributed by atoms with Crippen molar-refractivity contribution in [2.24, 2.45) is 23.0 Å². The van der Waals surface area contributed by atoms with Gasteiger partial charge in [0.05, 0.1) is 23.4 Å². The largest absolute Gasteiger partial charge is 0.480 e. The van der Waals surface area contributed by atoms with E-state index >= 15 is 0 Å². The number of carboxylic acid groups (broad SMARTS) is 1. The smallest absolute Gasteiger partial charge is 0.321 e. The van der Waals surface area contributed by atoms with Crippen LogP contribution in [0, 0.1) is 17.3 Å². The minimum atomic E-state index is -1.33. The van der Waals surface area contributed by atoms with Gasteiger partial charge in [-0.1, -0.05) is 46.6 Å². The maximum atomic E-state index is 12.8. The van der Waals surface area contributed by atoms with E-state index in [1.807, 2.05) is 13.8 Å². The molecular formula is C29H45NO8. The summed E-state index contributed by atoms with van der Waals surface area (Å²) >= 11 is 0. The van der Waals surface area contributed by atoms with Crippen molar-refractivity contribution in [1.29, 1.82) is 0 Å². The molecule has 3 N–H and O–H groups in total. The van der Waals surface area contributed by atoms with Crippen LogP contribution in [0.15, 0.2) is 18.2 Å². The Labute approximate surface area is 226 Å². The molecule has 9 heteroatoms. The number of ether oxygens (including phenoxy) is 3. The van der Waals surface area contributed by atoms with E-state index in [9.17, 15) is 24.3 Å². The number of hydrogen-bond donors (Lipinski definition) is 2. The van der Waals surface area contributed by atoms with Crippen LogP contribution in [0.25, 0.3) is 0 Å². The Kier molecular flexibility index (Phi) is 12.9. The first-order valence-corrected chi connectivity index (χ1v) is 13.4.